The number of carboxylic acids is 1. The highest BCUT2D eigenvalue weighted by atomic mass is 16.5. The molecule has 5 heteroatoms. The van der Waals surface area contributed by atoms with Gasteiger partial charge in [-0.1, -0.05) is 36.4 Å². The number of nitrogens with one attached hydrogen (secondary N) is 1. The van der Waals surface area contributed by atoms with Gasteiger partial charge in [-0.15, -0.1) is 0 Å². The maximum Gasteiger partial charge on any atom is 0.303 e. The number of benzene rings is 2. The first-order chi connectivity index (χ1) is 13.2. The molecule has 2 aromatic rings. The smallest absolute Gasteiger partial charge is 0.303 e. The molecule has 1 atom stereocenters. The summed E-state index contributed by atoms with van der Waals surface area (Å²) in [5.74, 6) is 0.825. The van der Waals surface area contributed by atoms with Gasteiger partial charge in [-0.3, -0.25) is 4.79 Å². The molecule has 0 spiro atoms. The molecule has 5 nitrogen and oxygen atoms in total. The summed E-state index contributed by atoms with van der Waals surface area (Å²) in [6, 6.07) is 16.3. The lowest BCUT2D eigenvalue weighted by Crippen LogP contribution is -2.31. The molecule has 0 amide bonds. The summed E-state index contributed by atoms with van der Waals surface area (Å²) in [5, 5.41) is 12.6. The monoisotopic (exact) mass is 369 g/mol. The number of fused-ring (bicyclic) bond motifs is 1. The number of aliphatic carboxylic acids is 1. The van der Waals surface area contributed by atoms with E-state index in [9.17, 15) is 4.79 Å². The fraction of sp³-hybridized carbons (Fsp3) is 0.409. The summed E-state index contributed by atoms with van der Waals surface area (Å²) < 4.78 is 11.6. The quantitative estimate of drug-likeness (QED) is 0.741. The van der Waals surface area contributed by atoms with E-state index in [1.165, 1.54) is 5.56 Å². The molecule has 3 rings (SSSR count). The predicted octanol–water partition coefficient (Wildman–Crippen LogP) is 3.80. The van der Waals surface area contributed by atoms with Crippen LogP contribution in [0.5, 0.6) is 11.5 Å². The van der Waals surface area contributed by atoms with Gasteiger partial charge in [0.25, 0.3) is 0 Å². The molecule has 0 saturated carbocycles. The third-order valence-electron chi connectivity index (χ3n) is 4.69. The topological polar surface area (TPSA) is 67.8 Å². The minimum atomic E-state index is -0.762. The van der Waals surface area contributed by atoms with Crippen molar-refractivity contribution < 1.29 is 19.4 Å². The molecule has 1 aliphatic rings. The van der Waals surface area contributed by atoms with Crippen molar-refractivity contribution in [3.05, 3.63) is 59.7 Å². The first-order valence-corrected chi connectivity index (χ1v) is 9.58. The van der Waals surface area contributed by atoms with Crippen molar-refractivity contribution >= 4 is 5.97 Å². The van der Waals surface area contributed by atoms with Crippen LogP contribution in [0.4, 0.5) is 0 Å². The standard InChI is InChI=1S/C22H27NO4/c24-22(25)11-9-19(14-17-6-2-1-3-7-17)23-16-18-8-10-20-21(15-18)27-13-5-4-12-26-20/h1-3,6-8,10,15,19,23H,4-5,9,11-14,16H2,(H,24,25). The number of hydrogen-bond donors (Lipinski definition) is 2. The Morgan fingerprint density at radius 3 is 2.48 bits per heavy atom. The van der Waals surface area contributed by atoms with Gasteiger partial charge in [0.05, 0.1) is 13.2 Å². The molecule has 0 radical (unpaired) electrons. The van der Waals surface area contributed by atoms with Gasteiger partial charge in [0, 0.05) is 19.0 Å². The van der Waals surface area contributed by atoms with E-state index in [-0.39, 0.29) is 12.5 Å². The zero-order valence-electron chi connectivity index (χ0n) is 15.5. The fourth-order valence-corrected chi connectivity index (χ4v) is 3.20. The van der Waals surface area contributed by atoms with Crippen LogP contribution in [-0.2, 0) is 17.8 Å². The zero-order chi connectivity index (χ0) is 18.9. The molecule has 1 unspecified atom stereocenters. The second-order valence-corrected chi connectivity index (χ2v) is 6.89. The molecule has 1 heterocycles. The van der Waals surface area contributed by atoms with Gasteiger partial charge in [-0.2, -0.15) is 0 Å². The second kappa shape index (κ2) is 9.97. The zero-order valence-corrected chi connectivity index (χ0v) is 15.5. The summed E-state index contributed by atoms with van der Waals surface area (Å²) in [6.07, 6.45) is 3.56. The molecule has 2 N–H and O–H groups in total. The highest BCUT2D eigenvalue weighted by Gasteiger charge is 2.13. The summed E-state index contributed by atoms with van der Waals surface area (Å²) >= 11 is 0. The Morgan fingerprint density at radius 2 is 1.74 bits per heavy atom. The van der Waals surface area contributed by atoms with Crippen molar-refractivity contribution in [2.45, 2.75) is 44.7 Å². The predicted molar refractivity (Wildman–Crippen MR) is 104 cm³/mol. The molecular formula is C22H27NO4. The number of hydrogen-bond acceptors (Lipinski definition) is 4. The van der Waals surface area contributed by atoms with Crippen molar-refractivity contribution in [1.82, 2.24) is 5.32 Å². The Hall–Kier alpha value is -2.53. The van der Waals surface area contributed by atoms with Crippen LogP contribution in [0, 0.1) is 0 Å². The molecule has 2 aromatic carbocycles. The number of carbonyl (C=O) groups is 1. The first kappa shape index (κ1) is 19.2. The molecular weight excluding hydrogens is 342 g/mol. The first-order valence-electron chi connectivity index (χ1n) is 9.58. The number of rotatable bonds is 8. The Labute approximate surface area is 160 Å². The van der Waals surface area contributed by atoms with E-state index in [0.29, 0.717) is 19.6 Å². The van der Waals surface area contributed by atoms with Crippen molar-refractivity contribution in [3.63, 3.8) is 0 Å². The average Bonchev–Trinajstić information content (AvgIpc) is 2.65. The van der Waals surface area contributed by atoms with E-state index < -0.39 is 5.97 Å². The van der Waals surface area contributed by atoms with E-state index in [2.05, 4.69) is 17.4 Å². The van der Waals surface area contributed by atoms with Gasteiger partial charge in [0.15, 0.2) is 11.5 Å². The lowest BCUT2D eigenvalue weighted by Gasteiger charge is -2.20. The second-order valence-electron chi connectivity index (χ2n) is 6.89. The van der Waals surface area contributed by atoms with Crippen molar-refractivity contribution in [1.29, 1.82) is 0 Å². The van der Waals surface area contributed by atoms with E-state index in [4.69, 9.17) is 14.6 Å². The van der Waals surface area contributed by atoms with Gasteiger partial charge < -0.3 is 19.9 Å². The minimum absolute atomic E-state index is 0.0997. The Bertz CT molecular complexity index is 732. The van der Waals surface area contributed by atoms with E-state index in [1.807, 2.05) is 36.4 Å². The summed E-state index contributed by atoms with van der Waals surface area (Å²) in [6.45, 7) is 2.10. The molecule has 27 heavy (non-hydrogen) atoms. The third kappa shape index (κ3) is 6.29. The highest BCUT2D eigenvalue weighted by Crippen LogP contribution is 2.30. The Balaban J connectivity index is 1.63. The molecule has 0 aliphatic carbocycles. The maximum atomic E-state index is 11.0. The van der Waals surface area contributed by atoms with Crippen LogP contribution in [0.25, 0.3) is 0 Å². The van der Waals surface area contributed by atoms with Crippen LogP contribution >= 0.6 is 0 Å². The van der Waals surface area contributed by atoms with Crippen LogP contribution in [0.15, 0.2) is 48.5 Å². The highest BCUT2D eigenvalue weighted by molar-refractivity contribution is 5.66. The summed E-state index contributed by atoms with van der Waals surface area (Å²) in [5.41, 5.74) is 2.31. The van der Waals surface area contributed by atoms with E-state index in [0.717, 1.165) is 42.9 Å². The van der Waals surface area contributed by atoms with Gasteiger partial charge in [0.2, 0.25) is 0 Å². The summed E-state index contributed by atoms with van der Waals surface area (Å²) in [4.78, 5) is 11.0. The van der Waals surface area contributed by atoms with Crippen LogP contribution in [0.3, 0.4) is 0 Å². The number of carboxylic acid groups (broad SMARTS) is 1. The molecule has 0 bridgehead atoms. The van der Waals surface area contributed by atoms with Gasteiger partial charge in [0.1, 0.15) is 0 Å². The molecule has 1 aliphatic heterocycles. The normalized spacial score (nSPS) is 14.8. The SMILES string of the molecule is O=C(O)CCC(Cc1ccccc1)NCc1ccc2c(c1)OCCCCO2. The summed E-state index contributed by atoms with van der Waals surface area (Å²) in [7, 11) is 0. The molecule has 0 fully saturated rings. The molecule has 0 aromatic heterocycles. The van der Waals surface area contributed by atoms with Crippen molar-refractivity contribution in [2.24, 2.45) is 0 Å². The van der Waals surface area contributed by atoms with Gasteiger partial charge >= 0.3 is 5.97 Å². The van der Waals surface area contributed by atoms with E-state index in [1.54, 1.807) is 0 Å². The third-order valence-corrected chi connectivity index (χ3v) is 4.69. The minimum Gasteiger partial charge on any atom is -0.490 e. The lowest BCUT2D eigenvalue weighted by atomic mass is 10.0. The molecule has 144 valence electrons. The van der Waals surface area contributed by atoms with Crippen LogP contribution in [0.2, 0.25) is 0 Å². The number of ether oxygens (including phenoxy) is 2. The maximum absolute atomic E-state index is 11.0. The largest absolute Gasteiger partial charge is 0.490 e. The van der Waals surface area contributed by atoms with E-state index >= 15 is 0 Å². The molecule has 0 saturated heterocycles. The average molecular weight is 369 g/mol. The van der Waals surface area contributed by atoms with Crippen molar-refractivity contribution in [2.75, 3.05) is 13.2 Å². The van der Waals surface area contributed by atoms with Gasteiger partial charge in [-0.05, 0) is 48.9 Å². The van der Waals surface area contributed by atoms with Crippen LogP contribution < -0.4 is 14.8 Å². The Morgan fingerprint density at radius 1 is 1.00 bits per heavy atom. The lowest BCUT2D eigenvalue weighted by molar-refractivity contribution is -0.137. The fourth-order valence-electron chi connectivity index (χ4n) is 3.20. The Kier molecular flexibility index (Phi) is 7.11. The van der Waals surface area contributed by atoms with Crippen LogP contribution in [-0.4, -0.2) is 30.3 Å². The van der Waals surface area contributed by atoms with Gasteiger partial charge in [-0.25, -0.2) is 0 Å². The van der Waals surface area contributed by atoms with Crippen molar-refractivity contribution in [3.8, 4) is 11.5 Å². The van der Waals surface area contributed by atoms with Crippen LogP contribution in [0.1, 0.15) is 36.8 Å².